The lowest BCUT2D eigenvalue weighted by Crippen LogP contribution is -2.35. The predicted molar refractivity (Wildman–Crippen MR) is 39.2 cm³/mol. The zero-order valence-corrected chi connectivity index (χ0v) is 5.90. The normalized spacial score (nSPS) is 24.8. The fourth-order valence-corrected chi connectivity index (χ4v) is 1.32. The Hall–Kier alpha value is 0.310. The van der Waals surface area contributed by atoms with E-state index in [1.165, 1.54) is 19.3 Å². The minimum absolute atomic E-state index is 0.368. The highest BCUT2D eigenvalue weighted by molar-refractivity contribution is 7.80. The third kappa shape index (κ3) is 1.17. The SMILES string of the molecule is NC(CS)C1CCC1. The molecule has 1 aliphatic carbocycles. The summed E-state index contributed by atoms with van der Waals surface area (Å²) in [5.74, 6) is 1.65. The van der Waals surface area contributed by atoms with Gasteiger partial charge < -0.3 is 5.73 Å². The molecule has 2 N–H and O–H groups in total. The van der Waals surface area contributed by atoms with E-state index in [0.717, 1.165) is 11.7 Å². The molecule has 0 amide bonds. The van der Waals surface area contributed by atoms with E-state index in [1.807, 2.05) is 0 Å². The lowest BCUT2D eigenvalue weighted by Gasteiger charge is -2.29. The maximum atomic E-state index is 5.70. The Morgan fingerprint density at radius 3 is 2.38 bits per heavy atom. The van der Waals surface area contributed by atoms with Crippen LogP contribution < -0.4 is 5.73 Å². The van der Waals surface area contributed by atoms with Gasteiger partial charge in [0.2, 0.25) is 0 Å². The minimum Gasteiger partial charge on any atom is -0.327 e. The summed E-state index contributed by atoms with van der Waals surface area (Å²) >= 11 is 4.12. The molecular formula is C6H13NS. The van der Waals surface area contributed by atoms with Gasteiger partial charge in [-0.15, -0.1) is 0 Å². The fraction of sp³-hybridized carbons (Fsp3) is 1.00. The average Bonchev–Trinajstić information content (AvgIpc) is 1.62. The van der Waals surface area contributed by atoms with E-state index in [9.17, 15) is 0 Å². The molecule has 0 saturated heterocycles. The first kappa shape index (κ1) is 6.43. The third-order valence-corrected chi connectivity index (χ3v) is 2.39. The molecule has 0 heterocycles. The van der Waals surface area contributed by atoms with Crippen LogP contribution in [0.15, 0.2) is 0 Å². The van der Waals surface area contributed by atoms with Gasteiger partial charge in [0.25, 0.3) is 0 Å². The molecule has 0 aromatic heterocycles. The molecule has 0 aromatic carbocycles. The van der Waals surface area contributed by atoms with Gasteiger partial charge in [0.15, 0.2) is 0 Å². The fourth-order valence-electron chi connectivity index (χ4n) is 1.02. The van der Waals surface area contributed by atoms with Gasteiger partial charge >= 0.3 is 0 Å². The highest BCUT2D eigenvalue weighted by Crippen LogP contribution is 2.28. The Labute approximate surface area is 56.1 Å². The van der Waals surface area contributed by atoms with Crippen LogP contribution >= 0.6 is 12.6 Å². The van der Waals surface area contributed by atoms with E-state index >= 15 is 0 Å². The van der Waals surface area contributed by atoms with Gasteiger partial charge in [0.05, 0.1) is 0 Å². The maximum absolute atomic E-state index is 5.70. The van der Waals surface area contributed by atoms with Crippen LogP contribution in [0.25, 0.3) is 0 Å². The van der Waals surface area contributed by atoms with Gasteiger partial charge in [-0.3, -0.25) is 0 Å². The largest absolute Gasteiger partial charge is 0.327 e. The first-order valence-electron chi connectivity index (χ1n) is 3.21. The molecule has 1 unspecified atom stereocenters. The molecule has 1 atom stereocenters. The quantitative estimate of drug-likeness (QED) is 0.538. The van der Waals surface area contributed by atoms with Crippen molar-refractivity contribution in [2.75, 3.05) is 5.75 Å². The topological polar surface area (TPSA) is 26.0 Å². The van der Waals surface area contributed by atoms with Crippen molar-refractivity contribution in [3.05, 3.63) is 0 Å². The highest BCUT2D eigenvalue weighted by Gasteiger charge is 2.22. The summed E-state index contributed by atoms with van der Waals surface area (Å²) < 4.78 is 0. The molecular weight excluding hydrogens is 118 g/mol. The molecule has 0 spiro atoms. The van der Waals surface area contributed by atoms with Crippen molar-refractivity contribution in [1.29, 1.82) is 0 Å². The average molecular weight is 131 g/mol. The summed E-state index contributed by atoms with van der Waals surface area (Å²) in [5, 5.41) is 0. The zero-order valence-electron chi connectivity index (χ0n) is 5.01. The molecule has 1 fully saturated rings. The number of nitrogens with two attached hydrogens (primary N) is 1. The van der Waals surface area contributed by atoms with E-state index in [1.54, 1.807) is 0 Å². The lowest BCUT2D eigenvalue weighted by molar-refractivity contribution is 0.276. The first-order chi connectivity index (χ1) is 3.84. The van der Waals surface area contributed by atoms with E-state index in [4.69, 9.17) is 5.73 Å². The molecule has 48 valence electrons. The van der Waals surface area contributed by atoms with Crippen molar-refractivity contribution in [3.8, 4) is 0 Å². The number of rotatable bonds is 2. The number of hydrogen-bond donors (Lipinski definition) is 2. The molecule has 8 heavy (non-hydrogen) atoms. The standard InChI is InChI=1S/C6H13NS/c7-6(4-8)5-2-1-3-5/h5-6,8H,1-4,7H2. The van der Waals surface area contributed by atoms with E-state index in [2.05, 4.69) is 12.6 Å². The smallest absolute Gasteiger partial charge is 0.0156 e. The summed E-state index contributed by atoms with van der Waals surface area (Å²) in [7, 11) is 0. The van der Waals surface area contributed by atoms with Crippen LogP contribution in [0.5, 0.6) is 0 Å². The van der Waals surface area contributed by atoms with Crippen molar-refractivity contribution < 1.29 is 0 Å². The van der Waals surface area contributed by atoms with Crippen molar-refractivity contribution in [2.45, 2.75) is 25.3 Å². The molecule has 0 aromatic rings. The summed E-state index contributed by atoms with van der Waals surface area (Å²) in [6, 6.07) is 0.368. The molecule has 1 aliphatic rings. The van der Waals surface area contributed by atoms with Gasteiger partial charge in [-0.1, -0.05) is 6.42 Å². The first-order valence-corrected chi connectivity index (χ1v) is 3.84. The summed E-state index contributed by atoms with van der Waals surface area (Å²) in [5.41, 5.74) is 5.70. The maximum Gasteiger partial charge on any atom is 0.0156 e. The van der Waals surface area contributed by atoms with Crippen LogP contribution in [-0.4, -0.2) is 11.8 Å². The van der Waals surface area contributed by atoms with Gasteiger partial charge in [0, 0.05) is 11.8 Å². The van der Waals surface area contributed by atoms with E-state index < -0.39 is 0 Å². The van der Waals surface area contributed by atoms with Gasteiger partial charge in [-0.25, -0.2) is 0 Å². The Bertz CT molecular complexity index is 68.2. The predicted octanol–water partition coefficient (Wildman–Crippen LogP) is 1.04. The van der Waals surface area contributed by atoms with Crippen LogP contribution in [0.1, 0.15) is 19.3 Å². The molecule has 0 aliphatic heterocycles. The Morgan fingerprint density at radius 2 is 2.25 bits per heavy atom. The minimum atomic E-state index is 0.368. The summed E-state index contributed by atoms with van der Waals surface area (Å²) in [6.07, 6.45) is 4.05. The van der Waals surface area contributed by atoms with Crippen LogP contribution in [-0.2, 0) is 0 Å². The zero-order chi connectivity index (χ0) is 5.98. The van der Waals surface area contributed by atoms with Crippen LogP contribution in [0.2, 0.25) is 0 Å². The summed E-state index contributed by atoms with van der Waals surface area (Å²) in [4.78, 5) is 0. The third-order valence-electron chi connectivity index (χ3n) is 1.97. The summed E-state index contributed by atoms with van der Waals surface area (Å²) in [6.45, 7) is 0. The van der Waals surface area contributed by atoms with Crippen molar-refractivity contribution >= 4 is 12.6 Å². The molecule has 2 heteroatoms. The Morgan fingerprint density at radius 1 is 1.62 bits per heavy atom. The van der Waals surface area contributed by atoms with Crippen molar-refractivity contribution in [1.82, 2.24) is 0 Å². The second-order valence-electron chi connectivity index (χ2n) is 2.54. The van der Waals surface area contributed by atoms with E-state index in [-0.39, 0.29) is 0 Å². The molecule has 1 nitrogen and oxygen atoms in total. The van der Waals surface area contributed by atoms with Crippen LogP contribution in [0.3, 0.4) is 0 Å². The number of hydrogen-bond acceptors (Lipinski definition) is 2. The molecule has 0 radical (unpaired) electrons. The second-order valence-corrected chi connectivity index (χ2v) is 2.90. The number of thiol groups is 1. The molecule has 0 bridgehead atoms. The Balaban J connectivity index is 2.13. The van der Waals surface area contributed by atoms with Crippen molar-refractivity contribution in [2.24, 2.45) is 11.7 Å². The van der Waals surface area contributed by atoms with Crippen molar-refractivity contribution in [3.63, 3.8) is 0 Å². The van der Waals surface area contributed by atoms with Gasteiger partial charge in [-0.2, -0.15) is 12.6 Å². The molecule has 1 rings (SSSR count). The van der Waals surface area contributed by atoms with Crippen LogP contribution in [0, 0.1) is 5.92 Å². The lowest BCUT2D eigenvalue weighted by atomic mass is 9.81. The second kappa shape index (κ2) is 2.74. The van der Waals surface area contributed by atoms with E-state index in [0.29, 0.717) is 6.04 Å². The highest BCUT2D eigenvalue weighted by atomic mass is 32.1. The Kier molecular flexibility index (Phi) is 2.20. The van der Waals surface area contributed by atoms with Gasteiger partial charge in [-0.05, 0) is 18.8 Å². The van der Waals surface area contributed by atoms with Crippen LogP contribution in [0.4, 0.5) is 0 Å². The van der Waals surface area contributed by atoms with Gasteiger partial charge in [0.1, 0.15) is 0 Å². The monoisotopic (exact) mass is 131 g/mol. The molecule has 1 saturated carbocycles.